The molecule has 0 saturated carbocycles. The quantitative estimate of drug-likeness (QED) is 0.558. The number of anilines is 2. The predicted octanol–water partition coefficient (Wildman–Crippen LogP) is 4.74. The van der Waals surface area contributed by atoms with E-state index in [9.17, 15) is 13.2 Å². The molecule has 6 nitrogen and oxygen atoms in total. The van der Waals surface area contributed by atoms with Crippen LogP contribution in [0.25, 0.3) is 0 Å². The summed E-state index contributed by atoms with van der Waals surface area (Å²) < 4.78 is 33.7. The Kier molecular flexibility index (Phi) is 6.65. The third-order valence-corrected chi connectivity index (χ3v) is 6.45. The Morgan fingerprint density at radius 1 is 0.839 bits per heavy atom. The standard InChI is InChI=1S/C24H26N2O4S/c1-16-7-6-10-22(19(16)4)30-15-23(27)25-20-11-13-21(14-12-20)31(28,29)26-24-17(2)8-5-9-18(24)3/h5-14,26H,15H2,1-4H3,(H,25,27). The Labute approximate surface area is 183 Å². The van der Waals surface area contributed by atoms with Gasteiger partial charge >= 0.3 is 0 Å². The van der Waals surface area contributed by atoms with Gasteiger partial charge in [0.2, 0.25) is 0 Å². The van der Waals surface area contributed by atoms with Crippen molar-refractivity contribution in [3.63, 3.8) is 0 Å². The second-order valence-corrected chi connectivity index (χ2v) is 9.11. The number of benzene rings is 3. The van der Waals surface area contributed by atoms with E-state index in [1.54, 1.807) is 12.1 Å². The zero-order valence-electron chi connectivity index (χ0n) is 18.0. The molecule has 0 bridgehead atoms. The molecule has 0 aliphatic heterocycles. The van der Waals surface area contributed by atoms with E-state index >= 15 is 0 Å². The van der Waals surface area contributed by atoms with Gasteiger partial charge in [0.25, 0.3) is 15.9 Å². The monoisotopic (exact) mass is 438 g/mol. The average molecular weight is 439 g/mol. The first-order valence-electron chi connectivity index (χ1n) is 9.85. The second kappa shape index (κ2) is 9.22. The molecular formula is C24H26N2O4S. The fraction of sp³-hybridized carbons (Fsp3) is 0.208. The number of hydrogen-bond donors (Lipinski definition) is 2. The van der Waals surface area contributed by atoms with Crippen molar-refractivity contribution in [2.75, 3.05) is 16.6 Å². The summed E-state index contributed by atoms with van der Waals surface area (Å²) in [6.45, 7) is 7.48. The highest BCUT2D eigenvalue weighted by Crippen LogP contribution is 2.24. The topological polar surface area (TPSA) is 84.5 Å². The van der Waals surface area contributed by atoms with Gasteiger partial charge in [-0.15, -0.1) is 0 Å². The molecule has 31 heavy (non-hydrogen) atoms. The van der Waals surface area contributed by atoms with Crippen molar-refractivity contribution >= 4 is 27.3 Å². The van der Waals surface area contributed by atoms with E-state index in [0.29, 0.717) is 17.1 Å². The van der Waals surface area contributed by atoms with Crippen molar-refractivity contribution in [1.29, 1.82) is 0 Å². The van der Waals surface area contributed by atoms with Crippen LogP contribution < -0.4 is 14.8 Å². The van der Waals surface area contributed by atoms with E-state index in [-0.39, 0.29) is 17.4 Å². The Morgan fingerprint density at radius 3 is 2.06 bits per heavy atom. The van der Waals surface area contributed by atoms with E-state index < -0.39 is 10.0 Å². The lowest BCUT2D eigenvalue weighted by Crippen LogP contribution is -2.20. The van der Waals surface area contributed by atoms with Crippen molar-refractivity contribution in [3.05, 3.63) is 82.9 Å². The van der Waals surface area contributed by atoms with E-state index in [4.69, 9.17) is 4.74 Å². The van der Waals surface area contributed by atoms with Crippen LogP contribution in [0.15, 0.2) is 65.6 Å². The van der Waals surface area contributed by atoms with E-state index in [2.05, 4.69) is 10.0 Å². The number of carbonyl (C=O) groups excluding carboxylic acids is 1. The van der Waals surface area contributed by atoms with Crippen LogP contribution in [0, 0.1) is 27.7 Å². The number of sulfonamides is 1. The molecule has 162 valence electrons. The highest BCUT2D eigenvalue weighted by Gasteiger charge is 2.17. The van der Waals surface area contributed by atoms with Gasteiger partial charge in [0.15, 0.2) is 6.61 Å². The molecule has 0 spiro atoms. The van der Waals surface area contributed by atoms with Crippen molar-refractivity contribution < 1.29 is 17.9 Å². The van der Waals surface area contributed by atoms with Gasteiger partial charge in [0, 0.05) is 5.69 Å². The zero-order chi connectivity index (χ0) is 22.6. The zero-order valence-corrected chi connectivity index (χ0v) is 18.8. The summed E-state index contributed by atoms with van der Waals surface area (Å²) in [5.74, 6) is 0.333. The molecule has 3 aromatic carbocycles. The molecule has 7 heteroatoms. The van der Waals surface area contributed by atoms with Gasteiger partial charge in [-0.1, -0.05) is 30.3 Å². The summed E-state index contributed by atoms with van der Waals surface area (Å²) in [4.78, 5) is 12.3. The smallest absolute Gasteiger partial charge is 0.262 e. The summed E-state index contributed by atoms with van der Waals surface area (Å²) in [5.41, 5.74) is 4.82. The summed E-state index contributed by atoms with van der Waals surface area (Å²) >= 11 is 0. The molecule has 3 aromatic rings. The van der Waals surface area contributed by atoms with Gasteiger partial charge in [-0.05, 0) is 80.3 Å². The maximum atomic E-state index is 12.7. The summed E-state index contributed by atoms with van der Waals surface area (Å²) in [6, 6.07) is 17.3. The van der Waals surface area contributed by atoms with Crippen LogP contribution in [0.2, 0.25) is 0 Å². The van der Waals surface area contributed by atoms with Crippen LogP contribution >= 0.6 is 0 Å². The largest absolute Gasteiger partial charge is 0.483 e. The highest BCUT2D eigenvalue weighted by molar-refractivity contribution is 7.92. The van der Waals surface area contributed by atoms with E-state index in [0.717, 1.165) is 22.3 Å². The second-order valence-electron chi connectivity index (χ2n) is 7.43. The van der Waals surface area contributed by atoms with Gasteiger partial charge < -0.3 is 10.1 Å². The molecule has 0 fully saturated rings. The first-order valence-corrected chi connectivity index (χ1v) is 11.3. The Morgan fingerprint density at radius 2 is 1.42 bits per heavy atom. The molecule has 0 atom stereocenters. The van der Waals surface area contributed by atoms with Gasteiger partial charge in [0.05, 0.1) is 10.6 Å². The lowest BCUT2D eigenvalue weighted by atomic mass is 10.1. The minimum Gasteiger partial charge on any atom is -0.483 e. The minimum absolute atomic E-state index is 0.111. The number of para-hydroxylation sites is 1. The fourth-order valence-electron chi connectivity index (χ4n) is 3.11. The minimum atomic E-state index is -3.75. The normalized spacial score (nSPS) is 11.1. The van der Waals surface area contributed by atoms with Gasteiger partial charge in [-0.25, -0.2) is 8.42 Å². The van der Waals surface area contributed by atoms with E-state index in [1.165, 1.54) is 12.1 Å². The Hall–Kier alpha value is -3.32. The van der Waals surface area contributed by atoms with Crippen molar-refractivity contribution in [3.8, 4) is 5.75 Å². The Bertz CT molecular complexity index is 1180. The molecule has 3 rings (SSSR count). The number of aryl methyl sites for hydroxylation is 3. The first-order chi connectivity index (χ1) is 14.7. The molecule has 0 saturated heterocycles. The highest BCUT2D eigenvalue weighted by atomic mass is 32.2. The van der Waals surface area contributed by atoms with Crippen LogP contribution in [0.1, 0.15) is 22.3 Å². The van der Waals surface area contributed by atoms with Crippen LogP contribution in [0.3, 0.4) is 0 Å². The lowest BCUT2D eigenvalue weighted by molar-refractivity contribution is -0.118. The lowest BCUT2D eigenvalue weighted by Gasteiger charge is -2.14. The van der Waals surface area contributed by atoms with Crippen LogP contribution in [-0.4, -0.2) is 20.9 Å². The molecule has 0 radical (unpaired) electrons. The van der Waals surface area contributed by atoms with Crippen LogP contribution in [0.4, 0.5) is 11.4 Å². The molecule has 0 aromatic heterocycles. The number of nitrogens with one attached hydrogen (secondary N) is 2. The van der Waals surface area contributed by atoms with Crippen molar-refractivity contribution in [1.82, 2.24) is 0 Å². The maximum absolute atomic E-state index is 12.7. The summed E-state index contributed by atoms with van der Waals surface area (Å²) in [5, 5.41) is 2.71. The third-order valence-electron chi connectivity index (χ3n) is 5.08. The van der Waals surface area contributed by atoms with Crippen molar-refractivity contribution in [2.24, 2.45) is 0 Å². The maximum Gasteiger partial charge on any atom is 0.262 e. The molecular weight excluding hydrogens is 412 g/mol. The number of amides is 1. The molecule has 0 unspecified atom stereocenters. The third kappa shape index (κ3) is 5.44. The number of ether oxygens (including phenoxy) is 1. The average Bonchev–Trinajstić information content (AvgIpc) is 2.72. The fourth-order valence-corrected chi connectivity index (χ4v) is 4.31. The Balaban J connectivity index is 1.64. The van der Waals surface area contributed by atoms with E-state index in [1.807, 2.05) is 64.1 Å². The summed E-state index contributed by atoms with van der Waals surface area (Å²) in [7, 11) is -3.75. The SMILES string of the molecule is Cc1cccc(OCC(=O)Nc2ccc(S(=O)(=O)Nc3c(C)cccc3C)cc2)c1C. The molecule has 0 aliphatic rings. The van der Waals surface area contributed by atoms with Gasteiger partial charge in [0.1, 0.15) is 5.75 Å². The molecule has 0 aliphatic carbocycles. The van der Waals surface area contributed by atoms with Gasteiger partial charge in [-0.3, -0.25) is 9.52 Å². The van der Waals surface area contributed by atoms with Crippen molar-refractivity contribution in [2.45, 2.75) is 32.6 Å². The number of hydrogen-bond acceptors (Lipinski definition) is 4. The molecule has 1 amide bonds. The summed E-state index contributed by atoms with van der Waals surface area (Å²) in [6.07, 6.45) is 0. The number of carbonyl (C=O) groups is 1. The number of rotatable bonds is 7. The molecule has 0 heterocycles. The van der Waals surface area contributed by atoms with Crippen LogP contribution in [0.5, 0.6) is 5.75 Å². The molecule has 2 N–H and O–H groups in total. The van der Waals surface area contributed by atoms with Crippen LogP contribution in [-0.2, 0) is 14.8 Å². The first kappa shape index (κ1) is 22.4. The van der Waals surface area contributed by atoms with Gasteiger partial charge in [-0.2, -0.15) is 0 Å². The predicted molar refractivity (Wildman–Crippen MR) is 123 cm³/mol.